The van der Waals surface area contributed by atoms with E-state index in [1.807, 2.05) is 0 Å². The number of hydrogen-bond donors (Lipinski definition) is 2. The number of hydrogen-bond acceptors (Lipinski definition) is 6. The van der Waals surface area contributed by atoms with E-state index in [1.54, 1.807) is 12.1 Å². The first-order valence-corrected chi connectivity index (χ1v) is 14.0. The Hall–Kier alpha value is -2.67. The smallest absolute Gasteiger partial charge is 0.370 e. The van der Waals surface area contributed by atoms with Gasteiger partial charge in [-0.2, -0.15) is 13.2 Å². The van der Waals surface area contributed by atoms with Crippen molar-refractivity contribution in [2.24, 2.45) is 0 Å². The molecular weight excluding hydrogens is 557 g/mol. The number of morpholine rings is 1. The molecule has 2 aromatic rings. The van der Waals surface area contributed by atoms with E-state index in [0.717, 1.165) is 54.4 Å². The summed E-state index contributed by atoms with van der Waals surface area (Å²) in [6.07, 6.45) is -0.00996. The largest absolute Gasteiger partial charge is 0.418 e. The third-order valence-electron chi connectivity index (χ3n) is 7.23. The van der Waals surface area contributed by atoms with Gasteiger partial charge < -0.3 is 20.3 Å². The summed E-state index contributed by atoms with van der Waals surface area (Å²) in [5.41, 5.74) is -1.34. The molecule has 1 aromatic carbocycles. The fourth-order valence-corrected chi connectivity index (χ4v) is 5.94. The minimum atomic E-state index is -4.75. The number of alkyl halides is 3. The van der Waals surface area contributed by atoms with Crippen molar-refractivity contribution in [3.63, 3.8) is 0 Å². The van der Waals surface area contributed by atoms with Crippen LogP contribution in [0.1, 0.15) is 47.3 Å². The molecule has 1 atom stereocenters. The van der Waals surface area contributed by atoms with Crippen LogP contribution in [0.4, 0.5) is 24.5 Å². The first-order valence-electron chi connectivity index (χ1n) is 12.8. The second-order valence-electron chi connectivity index (χ2n) is 9.91. The van der Waals surface area contributed by atoms with Crippen LogP contribution in [0.5, 0.6) is 0 Å². The summed E-state index contributed by atoms with van der Waals surface area (Å²) in [5.74, 6) is -1.43. The van der Waals surface area contributed by atoms with Crippen LogP contribution in [0.25, 0.3) is 0 Å². The maximum atomic E-state index is 14.0. The predicted octanol–water partition coefficient (Wildman–Crippen LogP) is 4.54. The number of halogens is 4. The lowest BCUT2D eigenvalue weighted by Crippen LogP contribution is -2.57. The van der Waals surface area contributed by atoms with Crippen LogP contribution in [0, 0.1) is 0 Å². The number of benzene rings is 1. The second kappa shape index (κ2) is 11.4. The Bertz CT molecular complexity index is 1250. The van der Waals surface area contributed by atoms with E-state index in [0.29, 0.717) is 9.21 Å². The molecule has 0 bridgehead atoms. The molecule has 2 N–H and O–H groups in total. The molecule has 3 amide bonds. The number of rotatable bonds is 9. The van der Waals surface area contributed by atoms with Gasteiger partial charge in [0, 0.05) is 30.9 Å². The molecular formula is C26H28ClF3N4O4S. The molecule has 8 nitrogen and oxygen atoms in total. The molecule has 0 radical (unpaired) electrons. The summed E-state index contributed by atoms with van der Waals surface area (Å²) in [7, 11) is 0. The highest BCUT2D eigenvalue weighted by Crippen LogP contribution is 2.40. The number of nitrogens with zero attached hydrogens (tertiary/aromatic N) is 2. The van der Waals surface area contributed by atoms with Crippen LogP contribution in [0.3, 0.4) is 0 Å². The first-order chi connectivity index (χ1) is 18.6. The zero-order valence-electron chi connectivity index (χ0n) is 20.9. The fraction of sp³-hybridized carbons (Fsp3) is 0.500. The van der Waals surface area contributed by atoms with Gasteiger partial charge in [-0.1, -0.05) is 18.0 Å². The van der Waals surface area contributed by atoms with Crippen LogP contribution in [0.2, 0.25) is 4.34 Å². The van der Waals surface area contributed by atoms with Gasteiger partial charge in [-0.15, -0.1) is 11.3 Å². The van der Waals surface area contributed by atoms with Gasteiger partial charge in [0.25, 0.3) is 11.8 Å². The molecule has 0 spiro atoms. The van der Waals surface area contributed by atoms with Crippen molar-refractivity contribution in [1.29, 1.82) is 0 Å². The summed E-state index contributed by atoms with van der Waals surface area (Å²) in [5, 5.41) is 5.46. The minimum Gasteiger partial charge on any atom is -0.370 e. The van der Waals surface area contributed by atoms with Crippen LogP contribution >= 0.6 is 22.9 Å². The standard InChI is InChI=1S/C26H28ClF3N4O4S/c27-22-9-8-21(39-22)25(37)31-13-20(34(17-5-6-17)16-2-1-3-16)24(36)32-15-4-7-19(18(12-15)26(28,29)30)33-10-11-38-14-23(33)35/h4,7-9,12,16-17,20H,1-3,5-6,10-11,13-14H2,(H,31,37)(H,32,36)/t20-/m1/s1. The van der Waals surface area contributed by atoms with Gasteiger partial charge in [-0.3, -0.25) is 19.3 Å². The molecule has 1 aromatic heterocycles. The number of thiophene rings is 1. The normalized spacial score (nSPS) is 19.1. The average molecular weight is 585 g/mol. The van der Waals surface area contributed by atoms with Crippen molar-refractivity contribution in [3.8, 4) is 0 Å². The van der Waals surface area contributed by atoms with Crippen LogP contribution < -0.4 is 15.5 Å². The summed E-state index contributed by atoms with van der Waals surface area (Å²) < 4.78 is 47.6. The highest BCUT2D eigenvalue weighted by Gasteiger charge is 2.43. The second-order valence-corrected chi connectivity index (χ2v) is 11.6. The molecule has 210 valence electrons. The van der Waals surface area contributed by atoms with E-state index in [9.17, 15) is 27.6 Å². The number of amides is 3. The Balaban J connectivity index is 1.38. The molecule has 1 saturated heterocycles. The molecule has 2 heterocycles. The van der Waals surface area contributed by atoms with Crippen molar-refractivity contribution in [2.45, 2.75) is 56.4 Å². The van der Waals surface area contributed by atoms with Crippen LogP contribution in [0.15, 0.2) is 30.3 Å². The molecule has 13 heteroatoms. The van der Waals surface area contributed by atoms with Gasteiger partial charge in [-0.25, -0.2) is 0 Å². The van der Waals surface area contributed by atoms with Crippen molar-refractivity contribution in [3.05, 3.63) is 45.1 Å². The van der Waals surface area contributed by atoms with Crippen molar-refractivity contribution < 1.29 is 32.3 Å². The van der Waals surface area contributed by atoms with Gasteiger partial charge in [-0.05, 0) is 56.0 Å². The number of nitrogens with one attached hydrogen (secondary N) is 2. The van der Waals surface area contributed by atoms with E-state index in [2.05, 4.69) is 15.5 Å². The lowest BCUT2D eigenvalue weighted by molar-refractivity contribution is -0.137. The van der Waals surface area contributed by atoms with Gasteiger partial charge in [0.2, 0.25) is 5.91 Å². The number of anilines is 2. The Morgan fingerprint density at radius 2 is 1.90 bits per heavy atom. The highest BCUT2D eigenvalue weighted by molar-refractivity contribution is 7.18. The third kappa shape index (κ3) is 6.40. The summed E-state index contributed by atoms with van der Waals surface area (Å²) in [6, 6.07) is 6.23. The van der Waals surface area contributed by atoms with E-state index in [-0.39, 0.29) is 55.7 Å². The molecule has 0 unspecified atom stereocenters. The minimum absolute atomic E-state index is 0.000321. The average Bonchev–Trinajstić information content (AvgIpc) is 3.61. The molecule has 2 aliphatic carbocycles. The zero-order chi connectivity index (χ0) is 27.7. The fourth-order valence-electron chi connectivity index (χ4n) is 4.99. The number of carbonyl (C=O) groups is 3. The molecule has 1 aliphatic heterocycles. The zero-order valence-corrected chi connectivity index (χ0v) is 22.5. The SMILES string of the molecule is O=C(NC[C@H](C(=O)Nc1ccc(N2CCOCC2=O)c(C(F)(F)F)c1)N(C1CCC1)C1CC1)c1ccc(Cl)s1. The topological polar surface area (TPSA) is 91.0 Å². The Morgan fingerprint density at radius 3 is 2.49 bits per heavy atom. The predicted molar refractivity (Wildman–Crippen MR) is 141 cm³/mol. The van der Waals surface area contributed by atoms with E-state index in [1.165, 1.54) is 12.1 Å². The summed E-state index contributed by atoms with van der Waals surface area (Å²) >= 11 is 7.07. The van der Waals surface area contributed by atoms with Gasteiger partial charge in [0.1, 0.15) is 12.6 Å². The lowest BCUT2D eigenvalue weighted by atomic mass is 9.89. The monoisotopic (exact) mass is 584 g/mol. The lowest BCUT2D eigenvalue weighted by Gasteiger charge is -2.42. The van der Waals surface area contributed by atoms with Gasteiger partial charge >= 0.3 is 6.18 Å². The van der Waals surface area contributed by atoms with Gasteiger partial charge in [0.15, 0.2) is 0 Å². The van der Waals surface area contributed by atoms with Crippen LogP contribution in [-0.2, 0) is 20.5 Å². The molecule has 3 aliphatic rings. The molecule has 5 rings (SSSR count). The maximum Gasteiger partial charge on any atom is 0.418 e. The van der Waals surface area contributed by atoms with E-state index in [4.69, 9.17) is 16.3 Å². The molecule has 39 heavy (non-hydrogen) atoms. The molecule has 2 saturated carbocycles. The van der Waals surface area contributed by atoms with E-state index < -0.39 is 29.6 Å². The quantitative estimate of drug-likeness (QED) is 0.452. The van der Waals surface area contributed by atoms with Crippen molar-refractivity contribution >= 4 is 52.0 Å². The maximum absolute atomic E-state index is 14.0. The summed E-state index contributed by atoms with van der Waals surface area (Å²) in [6.45, 7) is -0.161. The van der Waals surface area contributed by atoms with Crippen molar-refractivity contribution in [1.82, 2.24) is 10.2 Å². The Morgan fingerprint density at radius 1 is 1.15 bits per heavy atom. The first kappa shape index (κ1) is 27.9. The Kier molecular flexibility index (Phi) is 8.18. The molecule has 3 fully saturated rings. The number of ether oxygens (including phenoxy) is 1. The van der Waals surface area contributed by atoms with Crippen LogP contribution in [-0.4, -0.2) is 67.1 Å². The third-order valence-corrected chi connectivity index (χ3v) is 8.46. The highest BCUT2D eigenvalue weighted by atomic mass is 35.5. The Labute approximate surface area is 232 Å². The van der Waals surface area contributed by atoms with Gasteiger partial charge in [0.05, 0.1) is 27.1 Å². The summed E-state index contributed by atoms with van der Waals surface area (Å²) in [4.78, 5) is 42.1. The van der Waals surface area contributed by atoms with Crippen molar-refractivity contribution in [2.75, 3.05) is 36.5 Å². The number of carbonyl (C=O) groups excluding carboxylic acids is 3. The van der Waals surface area contributed by atoms with E-state index >= 15 is 0 Å².